The first-order chi connectivity index (χ1) is 16.1. The Morgan fingerprint density at radius 3 is 2.67 bits per heavy atom. The molecule has 0 saturated heterocycles. The minimum absolute atomic E-state index is 0.0757. The van der Waals surface area contributed by atoms with Crippen molar-refractivity contribution in [3.63, 3.8) is 0 Å². The van der Waals surface area contributed by atoms with Crippen molar-refractivity contribution in [1.82, 2.24) is 9.55 Å². The van der Waals surface area contributed by atoms with Crippen LogP contribution in [-0.4, -0.2) is 15.5 Å². The fourth-order valence-corrected chi connectivity index (χ4v) is 4.53. The monoisotopic (exact) mass is 452 g/mol. The summed E-state index contributed by atoms with van der Waals surface area (Å²) >= 11 is 6.59. The maximum Gasteiger partial charge on any atom is 0.231 e. The van der Waals surface area contributed by atoms with Crippen LogP contribution in [0.15, 0.2) is 79.4 Å². The van der Waals surface area contributed by atoms with Gasteiger partial charge in [-0.25, -0.2) is 4.98 Å². The molecule has 0 unspecified atom stereocenters. The summed E-state index contributed by atoms with van der Waals surface area (Å²) in [6, 6.07) is 21.8. The zero-order valence-electron chi connectivity index (χ0n) is 17.9. The molecule has 1 amide bonds. The van der Waals surface area contributed by atoms with E-state index < -0.39 is 0 Å². The Morgan fingerprint density at radius 1 is 1.09 bits per heavy atom. The van der Waals surface area contributed by atoms with Crippen LogP contribution in [0.2, 0.25) is 5.02 Å². The first-order valence-corrected chi connectivity index (χ1v) is 11.2. The lowest BCUT2D eigenvalue weighted by atomic mass is 9.99. The number of carbonyl (C=O) groups excluding carboxylic acids is 1. The molecule has 0 spiro atoms. The highest BCUT2D eigenvalue weighted by atomic mass is 35.5. The van der Waals surface area contributed by atoms with Crippen molar-refractivity contribution >= 4 is 23.2 Å². The second kappa shape index (κ2) is 8.93. The minimum atomic E-state index is 0.0757. The third-order valence-corrected chi connectivity index (χ3v) is 6.38. The first kappa shape index (κ1) is 21.0. The summed E-state index contributed by atoms with van der Waals surface area (Å²) in [5.74, 6) is 0.0757. The topological polar surface area (TPSA) is 61.9 Å². The lowest BCUT2D eigenvalue weighted by Gasteiger charge is -2.19. The van der Waals surface area contributed by atoms with E-state index in [1.54, 1.807) is 17.4 Å². The number of fused-ring (bicyclic) bond motifs is 1. The molecule has 0 N–H and O–H groups in total. The lowest BCUT2D eigenvalue weighted by Crippen LogP contribution is -2.25. The fourth-order valence-electron chi connectivity index (χ4n) is 4.28. The van der Waals surface area contributed by atoms with Crippen molar-refractivity contribution in [1.29, 1.82) is 5.26 Å². The highest BCUT2D eigenvalue weighted by molar-refractivity contribution is 6.32. The molecule has 0 saturated carbocycles. The molecule has 2 heterocycles. The second-order valence-electron chi connectivity index (χ2n) is 8.13. The summed E-state index contributed by atoms with van der Waals surface area (Å²) in [5, 5.41) is 10.0. The number of anilines is 1. The van der Waals surface area contributed by atoms with Gasteiger partial charge in [0.05, 0.1) is 30.9 Å². The van der Waals surface area contributed by atoms with Gasteiger partial charge in [0.2, 0.25) is 5.91 Å². The van der Waals surface area contributed by atoms with E-state index in [2.05, 4.69) is 17.1 Å². The van der Waals surface area contributed by atoms with Crippen molar-refractivity contribution in [3.05, 3.63) is 107 Å². The minimum Gasteiger partial charge on any atom is -0.337 e. The van der Waals surface area contributed by atoms with Gasteiger partial charge in [0.15, 0.2) is 0 Å². The number of imidazole rings is 1. The number of carbonyl (C=O) groups is 1. The number of benzene rings is 3. The molecule has 0 aliphatic carbocycles. The quantitative estimate of drug-likeness (QED) is 0.393. The summed E-state index contributed by atoms with van der Waals surface area (Å²) in [6.07, 6.45) is 6.64. The second-order valence-corrected chi connectivity index (χ2v) is 8.54. The molecule has 4 aromatic rings. The van der Waals surface area contributed by atoms with Crippen LogP contribution < -0.4 is 4.90 Å². The third kappa shape index (κ3) is 4.26. The number of aromatic nitrogens is 2. The highest BCUT2D eigenvalue weighted by Crippen LogP contribution is 2.35. The Balaban J connectivity index is 1.34. The Bertz CT molecular complexity index is 1350. The maximum absolute atomic E-state index is 12.8. The number of hydrogen-bond donors (Lipinski definition) is 0. The van der Waals surface area contributed by atoms with Gasteiger partial charge in [-0.05, 0) is 46.4 Å². The van der Waals surface area contributed by atoms with E-state index in [1.165, 1.54) is 0 Å². The van der Waals surface area contributed by atoms with Crippen molar-refractivity contribution in [2.24, 2.45) is 0 Å². The molecule has 0 fully saturated rings. The molecule has 1 aromatic heterocycles. The van der Waals surface area contributed by atoms with Crippen LogP contribution in [0.5, 0.6) is 0 Å². The van der Waals surface area contributed by atoms with Crippen molar-refractivity contribution in [3.8, 4) is 17.2 Å². The van der Waals surface area contributed by atoms with Crippen LogP contribution in [0.3, 0.4) is 0 Å². The van der Waals surface area contributed by atoms with Gasteiger partial charge in [-0.1, -0.05) is 60.1 Å². The van der Waals surface area contributed by atoms with Crippen molar-refractivity contribution in [2.75, 3.05) is 4.90 Å². The van der Waals surface area contributed by atoms with Crippen LogP contribution in [0.1, 0.15) is 22.3 Å². The van der Waals surface area contributed by atoms with Gasteiger partial charge in [-0.15, -0.1) is 0 Å². The lowest BCUT2D eigenvalue weighted by molar-refractivity contribution is -0.117. The van der Waals surface area contributed by atoms with Crippen molar-refractivity contribution in [2.45, 2.75) is 25.9 Å². The maximum atomic E-state index is 12.8. The predicted octanol–water partition coefficient (Wildman–Crippen LogP) is 5.41. The van der Waals surface area contributed by atoms with Gasteiger partial charge >= 0.3 is 0 Å². The van der Waals surface area contributed by atoms with Crippen LogP contribution in [0.25, 0.3) is 11.1 Å². The zero-order valence-corrected chi connectivity index (χ0v) is 18.7. The van der Waals surface area contributed by atoms with Gasteiger partial charge in [0.25, 0.3) is 0 Å². The number of rotatable bonds is 6. The Hall–Kier alpha value is -3.88. The zero-order chi connectivity index (χ0) is 22.8. The van der Waals surface area contributed by atoms with Gasteiger partial charge in [-0.3, -0.25) is 4.79 Å². The predicted molar refractivity (Wildman–Crippen MR) is 129 cm³/mol. The van der Waals surface area contributed by atoms with Gasteiger partial charge in [-0.2, -0.15) is 5.26 Å². The van der Waals surface area contributed by atoms with E-state index in [9.17, 15) is 10.1 Å². The molecular formula is C27H21ClN4O. The molecule has 6 heteroatoms. The molecule has 5 nitrogen and oxygen atoms in total. The summed E-state index contributed by atoms with van der Waals surface area (Å²) in [6.45, 7) is 1.27. The number of nitriles is 1. The molecule has 5 rings (SSSR count). The summed E-state index contributed by atoms with van der Waals surface area (Å²) in [4.78, 5) is 18.7. The van der Waals surface area contributed by atoms with E-state index >= 15 is 0 Å². The molecule has 1 aliphatic heterocycles. The molecule has 0 bridgehead atoms. The van der Waals surface area contributed by atoms with Crippen LogP contribution >= 0.6 is 11.6 Å². The number of halogens is 1. The van der Waals surface area contributed by atoms with Crippen LogP contribution in [0.4, 0.5) is 5.69 Å². The Labute approximate surface area is 197 Å². The molecule has 162 valence electrons. The van der Waals surface area contributed by atoms with Crippen LogP contribution in [-0.2, 0) is 30.7 Å². The normalized spacial score (nSPS) is 12.6. The summed E-state index contributed by atoms with van der Waals surface area (Å²) in [7, 11) is 0. The van der Waals surface area contributed by atoms with E-state index in [1.807, 2.05) is 65.4 Å². The number of hydrogen-bond acceptors (Lipinski definition) is 3. The van der Waals surface area contributed by atoms with Gasteiger partial charge in [0, 0.05) is 29.6 Å². The largest absolute Gasteiger partial charge is 0.337 e. The highest BCUT2D eigenvalue weighted by Gasteiger charge is 2.28. The Morgan fingerprint density at radius 2 is 1.91 bits per heavy atom. The number of aryl methyl sites for hydroxylation is 2. The fraction of sp³-hybridized carbons (Fsp3) is 0.148. The smallest absolute Gasteiger partial charge is 0.231 e. The summed E-state index contributed by atoms with van der Waals surface area (Å²) < 4.78 is 2.01. The Kier molecular flexibility index (Phi) is 5.68. The summed E-state index contributed by atoms with van der Waals surface area (Å²) in [5.41, 5.74) is 6.50. The van der Waals surface area contributed by atoms with Gasteiger partial charge < -0.3 is 9.47 Å². The average molecular weight is 453 g/mol. The van der Waals surface area contributed by atoms with E-state index in [4.69, 9.17) is 11.6 Å². The molecule has 0 radical (unpaired) electrons. The third-order valence-electron chi connectivity index (χ3n) is 6.03. The number of amides is 1. The van der Waals surface area contributed by atoms with E-state index in [-0.39, 0.29) is 5.91 Å². The van der Waals surface area contributed by atoms with E-state index in [0.717, 1.165) is 46.5 Å². The van der Waals surface area contributed by atoms with Gasteiger partial charge in [0.1, 0.15) is 0 Å². The van der Waals surface area contributed by atoms with E-state index in [0.29, 0.717) is 23.6 Å². The van der Waals surface area contributed by atoms with Crippen LogP contribution in [0, 0.1) is 11.3 Å². The number of nitrogens with zero attached hydrogens (tertiary/aromatic N) is 4. The molecular weight excluding hydrogens is 432 g/mol. The standard InChI is InChI=1S/C27H21ClN4O/c28-25-15-26-23(13-21(25)9-11-31-12-10-30-18-31)14-27(33)32(26)17-19-5-7-20(8-6-19)24-4-2-1-3-22(24)16-29/h1-8,10,12-13,15,18H,9,11,14,17H2. The first-order valence-electron chi connectivity index (χ1n) is 10.8. The average Bonchev–Trinajstić information content (AvgIpc) is 3.46. The molecule has 1 aliphatic rings. The SMILES string of the molecule is N#Cc1ccccc1-c1ccc(CN2C(=O)Cc3cc(CCn4ccnc4)c(Cl)cc32)cc1. The molecule has 3 aromatic carbocycles. The van der Waals surface area contributed by atoms with Crippen molar-refractivity contribution < 1.29 is 4.79 Å². The molecule has 0 atom stereocenters. The molecule has 33 heavy (non-hydrogen) atoms.